The van der Waals surface area contributed by atoms with Crippen LogP contribution in [-0.2, 0) is 17.6 Å². The molecule has 2 aromatic heterocycles. The number of hydrogen-bond acceptors (Lipinski definition) is 4. The number of aromatic nitrogens is 2. The van der Waals surface area contributed by atoms with Gasteiger partial charge in [-0.2, -0.15) is 0 Å². The highest BCUT2D eigenvalue weighted by molar-refractivity contribution is 7.13. The standard InChI is InChI=1S/C32H27N3OS/c1-32(20-26-9-5-6-10-28(26)29(32)25-7-3-2-4-8-25)30(36)35-31-34-27(21-37-31)19-22-11-13-23(14-12-22)24-15-17-33-18-16-24/h2-18,21,29H,19-20H2,1H3,(H,34,35,36). The largest absolute Gasteiger partial charge is 0.301 e. The molecule has 0 saturated heterocycles. The van der Waals surface area contributed by atoms with E-state index in [4.69, 9.17) is 4.98 Å². The number of nitrogens with zero attached hydrogens (tertiary/aromatic N) is 2. The van der Waals surface area contributed by atoms with Gasteiger partial charge in [-0.3, -0.25) is 9.78 Å². The van der Waals surface area contributed by atoms with Crippen LogP contribution in [0.3, 0.4) is 0 Å². The molecule has 1 N–H and O–H groups in total. The number of anilines is 1. The lowest BCUT2D eigenvalue weighted by Gasteiger charge is -2.30. The second kappa shape index (κ2) is 9.75. The van der Waals surface area contributed by atoms with E-state index in [1.807, 2.05) is 35.7 Å². The molecule has 0 radical (unpaired) electrons. The van der Waals surface area contributed by atoms with Gasteiger partial charge in [-0.25, -0.2) is 4.98 Å². The molecule has 6 rings (SSSR count). The van der Waals surface area contributed by atoms with E-state index >= 15 is 0 Å². The first kappa shape index (κ1) is 23.3. The van der Waals surface area contributed by atoms with E-state index in [1.54, 1.807) is 12.4 Å². The summed E-state index contributed by atoms with van der Waals surface area (Å²) in [7, 11) is 0. The zero-order valence-electron chi connectivity index (χ0n) is 20.6. The number of amides is 1. The molecule has 0 saturated carbocycles. The lowest BCUT2D eigenvalue weighted by Crippen LogP contribution is -2.37. The minimum atomic E-state index is -0.598. The van der Waals surface area contributed by atoms with E-state index in [1.165, 1.54) is 33.6 Å². The van der Waals surface area contributed by atoms with Crippen LogP contribution in [0.2, 0.25) is 0 Å². The van der Waals surface area contributed by atoms with Crippen molar-refractivity contribution in [3.63, 3.8) is 0 Å². The molecule has 4 nitrogen and oxygen atoms in total. The third kappa shape index (κ3) is 4.58. The molecular formula is C32H27N3OS. The number of hydrogen-bond donors (Lipinski definition) is 1. The number of pyridine rings is 1. The Morgan fingerprint density at radius 3 is 2.41 bits per heavy atom. The molecule has 2 heterocycles. The van der Waals surface area contributed by atoms with E-state index < -0.39 is 5.41 Å². The maximum absolute atomic E-state index is 13.8. The fourth-order valence-corrected chi connectivity index (χ4v) is 6.18. The highest BCUT2D eigenvalue weighted by Crippen LogP contribution is 2.51. The Kier molecular flexibility index (Phi) is 6.15. The maximum atomic E-state index is 13.8. The third-order valence-electron chi connectivity index (χ3n) is 7.34. The lowest BCUT2D eigenvalue weighted by molar-refractivity contribution is -0.125. The fraction of sp³-hybridized carbons (Fsp3) is 0.156. The van der Waals surface area contributed by atoms with Gasteiger partial charge in [0.25, 0.3) is 0 Å². The van der Waals surface area contributed by atoms with Crippen molar-refractivity contribution in [3.8, 4) is 11.1 Å². The molecule has 5 aromatic rings. The third-order valence-corrected chi connectivity index (χ3v) is 8.14. The van der Waals surface area contributed by atoms with Gasteiger partial charge in [0.05, 0.1) is 11.1 Å². The molecule has 5 heteroatoms. The van der Waals surface area contributed by atoms with Crippen molar-refractivity contribution in [3.05, 3.63) is 137 Å². The highest BCUT2D eigenvalue weighted by Gasteiger charge is 2.48. The van der Waals surface area contributed by atoms with E-state index in [0.717, 1.165) is 23.2 Å². The summed E-state index contributed by atoms with van der Waals surface area (Å²) < 4.78 is 0. The van der Waals surface area contributed by atoms with Gasteiger partial charge >= 0.3 is 0 Å². The number of nitrogens with one attached hydrogen (secondary N) is 1. The molecule has 2 unspecified atom stereocenters. The predicted molar refractivity (Wildman–Crippen MR) is 150 cm³/mol. The SMILES string of the molecule is CC1(C(=O)Nc2nc(Cc3ccc(-c4ccncc4)cc3)cs2)Cc2ccccc2C1c1ccccc1. The molecule has 1 aliphatic carbocycles. The van der Waals surface area contributed by atoms with Crippen molar-refractivity contribution in [1.82, 2.24) is 9.97 Å². The van der Waals surface area contributed by atoms with Crippen molar-refractivity contribution in [2.45, 2.75) is 25.7 Å². The van der Waals surface area contributed by atoms with Gasteiger partial charge in [-0.05, 0) is 58.9 Å². The van der Waals surface area contributed by atoms with E-state index in [2.05, 4.69) is 77.9 Å². The number of carbonyl (C=O) groups is 1. The summed E-state index contributed by atoms with van der Waals surface area (Å²) in [4.78, 5) is 22.6. The van der Waals surface area contributed by atoms with Gasteiger partial charge in [0, 0.05) is 30.1 Å². The van der Waals surface area contributed by atoms with Gasteiger partial charge in [0.2, 0.25) is 5.91 Å². The quantitative estimate of drug-likeness (QED) is 0.269. The first-order valence-electron chi connectivity index (χ1n) is 12.5. The van der Waals surface area contributed by atoms with E-state index in [-0.39, 0.29) is 11.8 Å². The molecule has 0 spiro atoms. The lowest BCUT2D eigenvalue weighted by atomic mass is 9.73. The zero-order chi connectivity index (χ0) is 25.2. The average Bonchev–Trinajstić information content (AvgIpc) is 3.51. The van der Waals surface area contributed by atoms with Crippen molar-refractivity contribution in [1.29, 1.82) is 0 Å². The Bertz CT molecular complexity index is 1530. The van der Waals surface area contributed by atoms with E-state index in [0.29, 0.717) is 11.6 Å². The molecule has 1 amide bonds. The summed E-state index contributed by atoms with van der Waals surface area (Å²) in [5.41, 5.74) is 7.50. The van der Waals surface area contributed by atoms with Crippen LogP contribution in [-0.4, -0.2) is 15.9 Å². The number of thiazole rings is 1. The maximum Gasteiger partial charge on any atom is 0.233 e. The Morgan fingerprint density at radius 2 is 1.62 bits per heavy atom. The Labute approximate surface area is 221 Å². The van der Waals surface area contributed by atoms with Crippen LogP contribution in [0.1, 0.15) is 40.8 Å². The van der Waals surface area contributed by atoms with Crippen LogP contribution in [0.5, 0.6) is 0 Å². The molecule has 2 atom stereocenters. The topological polar surface area (TPSA) is 54.9 Å². The van der Waals surface area contributed by atoms with Gasteiger partial charge < -0.3 is 5.32 Å². The van der Waals surface area contributed by atoms with Gasteiger partial charge in [0.1, 0.15) is 0 Å². The summed E-state index contributed by atoms with van der Waals surface area (Å²) in [6.45, 7) is 2.08. The first-order valence-corrected chi connectivity index (χ1v) is 13.4. The molecule has 37 heavy (non-hydrogen) atoms. The minimum absolute atomic E-state index is 0.00300. The number of rotatable bonds is 6. The Morgan fingerprint density at radius 1 is 0.919 bits per heavy atom. The van der Waals surface area contributed by atoms with Crippen molar-refractivity contribution in [2.24, 2.45) is 5.41 Å². The predicted octanol–water partition coefficient (Wildman–Crippen LogP) is 7.13. The van der Waals surface area contributed by atoms with Crippen molar-refractivity contribution >= 4 is 22.4 Å². The van der Waals surface area contributed by atoms with Crippen LogP contribution < -0.4 is 5.32 Å². The van der Waals surface area contributed by atoms with Crippen molar-refractivity contribution < 1.29 is 4.79 Å². The van der Waals surface area contributed by atoms with Crippen LogP contribution in [0.4, 0.5) is 5.13 Å². The summed E-state index contributed by atoms with van der Waals surface area (Å²) >= 11 is 1.49. The Hall–Kier alpha value is -4.09. The second-order valence-corrected chi connectivity index (χ2v) is 10.7. The molecule has 1 aliphatic rings. The Balaban J connectivity index is 1.19. The number of carbonyl (C=O) groups excluding carboxylic acids is 1. The van der Waals surface area contributed by atoms with Gasteiger partial charge in [-0.1, -0.05) is 78.9 Å². The summed E-state index contributed by atoms with van der Waals surface area (Å²) in [6, 6.07) is 31.3. The van der Waals surface area contributed by atoms with Gasteiger partial charge in [0.15, 0.2) is 5.13 Å². The molecule has 182 valence electrons. The highest BCUT2D eigenvalue weighted by atomic mass is 32.1. The second-order valence-electron chi connectivity index (χ2n) is 9.84. The van der Waals surface area contributed by atoms with Crippen LogP contribution in [0, 0.1) is 5.41 Å². The molecule has 3 aromatic carbocycles. The van der Waals surface area contributed by atoms with Gasteiger partial charge in [-0.15, -0.1) is 11.3 Å². The van der Waals surface area contributed by atoms with Crippen LogP contribution in [0.25, 0.3) is 11.1 Å². The summed E-state index contributed by atoms with van der Waals surface area (Å²) in [6.07, 6.45) is 5.04. The molecular weight excluding hydrogens is 474 g/mol. The number of benzene rings is 3. The molecule has 0 fully saturated rings. The summed E-state index contributed by atoms with van der Waals surface area (Å²) in [5.74, 6) is 0.0170. The first-order chi connectivity index (χ1) is 18.1. The van der Waals surface area contributed by atoms with Crippen molar-refractivity contribution in [2.75, 3.05) is 5.32 Å². The van der Waals surface area contributed by atoms with Crippen LogP contribution in [0.15, 0.2) is 109 Å². The summed E-state index contributed by atoms with van der Waals surface area (Å²) in [5, 5.41) is 5.84. The average molecular weight is 502 g/mol. The molecule has 0 aliphatic heterocycles. The molecule has 0 bridgehead atoms. The smallest absolute Gasteiger partial charge is 0.233 e. The minimum Gasteiger partial charge on any atom is -0.301 e. The zero-order valence-corrected chi connectivity index (χ0v) is 21.4. The number of fused-ring (bicyclic) bond motifs is 1. The normalized spacial score (nSPS) is 18.4. The fourth-order valence-electron chi connectivity index (χ4n) is 5.48. The monoisotopic (exact) mass is 501 g/mol. The van der Waals surface area contributed by atoms with E-state index in [9.17, 15) is 4.79 Å². The van der Waals surface area contributed by atoms with Crippen LogP contribution >= 0.6 is 11.3 Å².